The van der Waals surface area contributed by atoms with Crippen LogP contribution in [0.2, 0.25) is 0 Å². The van der Waals surface area contributed by atoms with Gasteiger partial charge >= 0.3 is 0 Å². The minimum atomic E-state index is -4.01. The molecule has 18 heavy (non-hydrogen) atoms. The molecule has 1 rings (SSSR count). The first-order chi connectivity index (χ1) is 8.40. The van der Waals surface area contributed by atoms with Gasteiger partial charge < -0.3 is 10.2 Å². The normalized spacial score (nSPS) is 11.2. The highest BCUT2D eigenvalue weighted by Crippen LogP contribution is 2.13. The second-order valence-electron chi connectivity index (χ2n) is 3.41. The van der Waals surface area contributed by atoms with Crippen molar-refractivity contribution in [3.63, 3.8) is 0 Å². The Labute approximate surface area is 104 Å². The number of hydrogen-bond acceptors (Lipinski definition) is 6. The van der Waals surface area contributed by atoms with Gasteiger partial charge in [-0.15, -0.1) is 0 Å². The lowest BCUT2D eigenvalue weighted by molar-refractivity contribution is -0.116. The van der Waals surface area contributed by atoms with Gasteiger partial charge in [-0.2, -0.15) is 0 Å². The first-order valence-electron chi connectivity index (χ1n) is 4.99. The zero-order valence-corrected chi connectivity index (χ0v) is 10.2. The molecule has 0 aliphatic rings. The van der Waals surface area contributed by atoms with E-state index < -0.39 is 21.0 Å². The predicted octanol–water partition coefficient (Wildman–Crippen LogP) is -1.13. The molecule has 0 unspecified atom stereocenters. The highest BCUT2D eigenvalue weighted by atomic mass is 32.2. The number of primary sulfonamides is 1. The SMILES string of the molecule is NCCCN(C=O)C(=O)c1ccc(S(N)(=O)=O)o1. The molecular formula is C9H13N3O5S. The monoisotopic (exact) mass is 275 g/mol. The van der Waals surface area contributed by atoms with Gasteiger partial charge in [0.2, 0.25) is 11.5 Å². The number of amides is 2. The van der Waals surface area contributed by atoms with Gasteiger partial charge in [0.25, 0.3) is 15.9 Å². The Morgan fingerprint density at radius 3 is 2.56 bits per heavy atom. The fraction of sp³-hybridized carbons (Fsp3) is 0.333. The van der Waals surface area contributed by atoms with Crippen molar-refractivity contribution in [1.82, 2.24) is 4.90 Å². The molecule has 1 aromatic rings. The van der Waals surface area contributed by atoms with Gasteiger partial charge in [-0.05, 0) is 25.1 Å². The van der Waals surface area contributed by atoms with Crippen LogP contribution in [-0.2, 0) is 14.8 Å². The Balaban J connectivity index is 2.89. The van der Waals surface area contributed by atoms with Crippen molar-refractivity contribution >= 4 is 22.3 Å². The summed E-state index contributed by atoms with van der Waals surface area (Å²) in [6.45, 7) is 0.447. The van der Waals surface area contributed by atoms with Gasteiger partial charge in [0.15, 0.2) is 5.76 Å². The predicted molar refractivity (Wildman–Crippen MR) is 60.9 cm³/mol. The van der Waals surface area contributed by atoms with E-state index >= 15 is 0 Å². The number of imide groups is 1. The lowest BCUT2D eigenvalue weighted by atomic mass is 10.3. The molecule has 2 amide bonds. The summed E-state index contributed by atoms with van der Waals surface area (Å²) >= 11 is 0. The highest BCUT2D eigenvalue weighted by Gasteiger charge is 2.21. The summed E-state index contributed by atoms with van der Waals surface area (Å²) in [4.78, 5) is 23.3. The van der Waals surface area contributed by atoms with Gasteiger partial charge in [0.1, 0.15) is 0 Å². The maximum Gasteiger partial charge on any atom is 0.295 e. The van der Waals surface area contributed by atoms with Gasteiger partial charge in [0.05, 0.1) is 0 Å². The van der Waals surface area contributed by atoms with Crippen molar-refractivity contribution in [3.8, 4) is 0 Å². The number of sulfonamides is 1. The summed E-state index contributed by atoms with van der Waals surface area (Å²) in [7, 11) is -4.01. The standard InChI is InChI=1S/C9H13N3O5S/c10-4-1-5-12(6-13)9(14)7-2-3-8(17-7)18(11,15)16/h2-3,6H,1,4-5,10H2,(H2,11,15,16). The van der Waals surface area contributed by atoms with Gasteiger partial charge in [0, 0.05) is 6.54 Å². The van der Waals surface area contributed by atoms with E-state index in [-0.39, 0.29) is 12.3 Å². The highest BCUT2D eigenvalue weighted by molar-refractivity contribution is 7.89. The molecular weight excluding hydrogens is 262 g/mol. The van der Waals surface area contributed by atoms with Crippen LogP contribution in [0.15, 0.2) is 21.6 Å². The number of furan rings is 1. The molecule has 0 spiro atoms. The molecule has 0 fully saturated rings. The number of rotatable bonds is 6. The second kappa shape index (κ2) is 5.76. The lowest BCUT2D eigenvalue weighted by Gasteiger charge is -2.12. The van der Waals surface area contributed by atoms with E-state index in [1.54, 1.807) is 0 Å². The summed E-state index contributed by atoms with van der Waals surface area (Å²) in [5, 5.41) is 4.29. The Morgan fingerprint density at radius 2 is 2.11 bits per heavy atom. The van der Waals surface area contributed by atoms with Crippen LogP contribution < -0.4 is 10.9 Å². The third-order valence-corrected chi connectivity index (χ3v) is 2.84. The van der Waals surface area contributed by atoms with Crippen LogP contribution in [0.5, 0.6) is 0 Å². The van der Waals surface area contributed by atoms with Crippen LogP contribution in [0.4, 0.5) is 0 Å². The van der Waals surface area contributed by atoms with Gasteiger partial charge in [-0.3, -0.25) is 14.5 Å². The van der Waals surface area contributed by atoms with Crippen molar-refractivity contribution in [2.24, 2.45) is 10.9 Å². The van der Waals surface area contributed by atoms with E-state index in [2.05, 4.69) is 0 Å². The maximum atomic E-state index is 11.7. The Morgan fingerprint density at radius 1 is 1.44 bits per heavy atom. The minimum absolute atomic E-state index is 0.129. The molecule has 0 aromatic carbocycles. The first kappa shape index (κ1) is 14.4. The van der Waals surface area contributed by atoms with E-state index in [9.17, 15) is 18.0 Å². The third-order valence-electron chi connectivity index (χ3n) is 2.06. The van der Waals surface area contributed by atoms with Crippen LogP contribution in [0.1, 0.15) is 17.0 Å². The Kier molecular flexibility index (Phi) is 4.59. The van der Waals surface area contributed by atoms with Crippen LogP contribution in [-0.4, -0.2) is 38.7 Å². The topological polar surface area (TPSA) is 137 Å². The van der Waals surface area contributed by atoms with Gasteiger partial charge in [-0.1, -0.05) is 0 Å². The average Bonchev–Trinajstić information content (AvgIpc) is 2.78. The average molecular weight is 275 g/mol. The fourth-order valence-corrected chi connectivity index (χ4v) is 1.66. The first-order valence-corrected chi connectivity index (χ1v) is 6.53. The van der Waals surface area contributed by atoms with Crippen molar-refractivity contribution in [2.75, 3.05) is 13.1 Å². The smallest absolute Gasteiger partial charge is 0.295 e. The molecule has 1 heterocycles. The van der Waals surface area contributed by atoms with E-state index in [4.69, 9.17) is 15.3 Å². The zero-order chi connectivity index (χ0) is 13.8. The minimum Gasteiger partial charge on any atom is -0.438 e. The Bertz CT molecular complexity index is 536. The number of carbonyl (C=O) groups is 2. The molecule has 0 saturated heterocycles. The number of hydrogen-bond donors (Lipinski definition) is 2. The summed E-state index contributed by atoms with van der Waals surface area (Å²) in [5.74, 6) is -1.02. The summed E-state index contributed by atoms with van der Waals surface area (Å²) in [6, 6.07) is 2.19. The summed E-state index contributed by atoms with van der Waals surface area (Å²) < 4.78 is 26.7. The largest absolute Gasteiger partial charge is 0.438 e. The van der Waals surface area contributed by atoms with E-state index in [1.807, 2.05) is 0 Å². The molecule has 4 N–H and O–H groups in total. The molecule has 0 bridgehead atoms. The molecule has 0 atom stereocenters. The van der Waals surface area contributed by atoms with Crippen molar-refractivity contribution < 1.29 is 22.4 Å². The molecule has 9 heteroatoms. The molecule has 0 aliphatic heterocycles. The maximum absolute atomic E-state index is 11.7. The number of nitrogens with two attached hydrogens (primary N) is 2. The van der Waals surface area contributed by atoms with E-state index in [0.717, 1.165) is 17.0 Å². The lowest BCUT2D eigenvalue weighted by Crippen LogP contribution is -2.31. The number of nitrogens with zero attached hydrogens (tertiary/aromatic N) is 1. The molecule has 1 aromatic heterocycles. The van der Waals surface area contributed by atoms with Crippen LogP contribution >= 0.6 is 0 Å². The van der Waals surface area contributed by atoms with E-state index in [0.29, 0.717) is 19.4 Å². The quantitative estimate of drug-likeness (QED) is 0.630. The molecule has 0 aliphatic carbocycles. The summed E-state index contributed by atoms with van der Waals surface area (Å²) in [5.41, 5.74) is 5.26. The van der Waals surface area contributed by atoms with Crippen LogP contribution in [0, 0.1) is 0 Å². The molecule has 0 radical (unpaired) electrons. The van der Waals surface area contributed by atoms with Crippen LogP contribution in [0.25, 0.3) is 0 Å². The van der Waals surface area contributed by atoms with E-state index in [1.165, 1.54) is 0 Å². The van der Waals surface area contributed by atoms with Crippen molar-refractivity contribution in [1.29, 1.82) is 0 Å². The molecule has 0 saturated carbocycles. The Hall–Kier alpha value is -1.71. The molecule has 8 nitrogen and oxygen atoms in total. The third kappa shape index (κ3) is 3.39. The summed E-state index contributed by atoms with van der Waals surface area (Å²) in [6.07, 6.45) is 0.768. The number of carbonyl (C=O) groups excluding carboxylic acids is 2. The fourth-order valence-electron chi connectivity index (χ4n) is 1.19. The zero-order valence-electron chi connectivity index (χ0n) is 9.40. The van der Waals surface area contributed by atoms with Crippen LogP contribution in [0.3, 0.4) is 0 Å². The van der Waals surface area contributed by atoms with Crippen molar-refractivity contribution in [2.45, 2.75) is 11.5 Å². The second-order valence-corrected chi connectivity index (χ2v) is 4.90. The van der Waals surface area contributed by atoms with Gasteiger partial charge in [-0.25, -0.2) is 13.6 Å². The molecule has 100 valence electrons. The van der Waals surface area contributed by atoms with Crippen molar-refractivity contribution in [3.05, 3.63) is 17.9 Å².